The number of likely N-dealkylation sites (N-methyl/N-ethyl adjacent to an activating group) is 1. The normalized spacial score (nSPS) is 22.7. The first-order chi connectivity index (χ1) is 16.5. The lowest BCUT2D eigenvalue weighted by Gasteiger charge is -2.45. The summed E-state index contributed by atoms with van der Waals surface area (Å²) in [4.78, 5) is 8.03. The molecule has 0 aromatic heterocycles. The Labute approximate surface area is 224 Å². The first kappa shape index (κ1) is 26.0. The Morgan fingerprint density at radius 1 is 0.943 bits per heavy atom. The summed E-state index contributed by atoms with van der Waals surface area (Å²) in [6.07, 6.45) is 1.61. The molecule has 0 saturated heterocycles. The Morgan fingerprint density at radius 2 is 1.49 bits per heavy atom. The third-order valence-corrected chi connectivity index (χ3v) is 8.85. The number of aliphatic imine (C=N–C) groups is 1. The second kappa shape index (κ2) is 9.78. The maximum Gasteiger partial charge on any atom is 0.136 e. The molecule has 35 heavy (non-hydrogen) atoms. The van der Waals surface area contributed by atoms with Gasteiger partial charge in [0, 0.05) is 29.4 Å². The van der Waals surface area contributed by atoms with Crippen molar-refractivity contribution in [3.05, 3.63) is 92.4 Å². The third kappa shape index (κ3) is 4.37. The van der Waals surface area contributed by atoms with E-state index in [1.165, 1.54) is 0 Å². The summed E-state index contributed by atoms with van der Waals surface area (Å²) in [6.45, 7) is 6.65. The van der Waals surface area contributed by atoms with E-state index in [1.807, 2.05) is 68.6 Å². The minimum Gasteiger partial charge on any atom is -0.493 e. The van der Waals surface area contributed by atoms with Gasteiger partial charge in [-0.2, -0.15) is 0 Å². The van der Waals surface area contributed by atoms with Crippen LogP contribution in [0.3, 0.4) is 0 Å². The molecule has 3 aromatic carbocycles. The van der Waals surface area contributed by atoms with Crippen molar-refractivity contribution in [3.8, 4) is 5.75 Å². The number of rotatable bonds is 6. The van der Waals surface area contributed by atoms with Gasteiger partial charge >= 0.3 is 0 Å². The van der Waals surface area contributed by atoms with Crippen molar-refractivity contribution in [2.45, 2.75) is 36.7 Å². The maximum absolute atomic E-state index is 12.5. The van der Waals surface area contributed by atoms with Crippen molar-refractivity contribution in [1.29, 1.82) is 0 Å². The highest BCUT2D eigenvalue weighted by Gasteiger charge is 2.56. The predicted molar refractivity (Wildman–Crippen MR) is 147 cm³/mol. The Kier molecular flexibility index (Phi) is 7.27. The minimum absolute atomic E-state index is 0.403. The van der Waals surface area contributed by atoms with Crippen LogP contribution in [0.4, 0.5) is 0 Å². The van der Waals surface area contributed by atoms with Gasteiger partial charge in [0.05, 0.1) is 38.4 Å². The second-order valence-electron chi connectivity index (χ2n) is 8.82. The molecule has 1 aliphatic heterocycles. The average molecular weight is 550 g/mol. The van der Waals surface area contributed by atoms with E-state index in [1.54, 1.807) is 12.3 Å². The van der Waals surface area contributed by atoms with E-state index < -0.39 is 21.9 Å². The van der Waals surface area contributed by atoms with Crippen LogP contribution >= 0.6 is 34.8 Å². The number of amidine groups is 1. The summed E-state index contributed by atoms with van der Waals surface area (Å²) < 4.78 is 18.4. The van der Waals surface area contributed by atoms with Gasteiger partial charge in [0.15, 0.2) is 0 Å². The molecule has 4 rings (SSSR count). The number of hydrogen-bond donors (Lipinski definition) is 0. The number of nitrogens with zero attached hydrogens (tertiary/aromatic N) is 2. The molecule has 184 valence electrons. The van der Waals surface area contributed by atoms with Crippen molar-refractivity contribution < 1.29 is 8.95 Å². The van der Waals surface area contributed by atoms with Crippen LogP contribution in [0.1, 0.15) is 37.5 Å². The number of ether oxygens (including phenoxy) is 1. The molecule has 0 aliphatic carbocycles. The van der Waals surface area contributed by atoms with Crippen LogP contribution in [0.5, 0.6) is 5.75 Å². The van der Waals surface area contributed by atoms with E-state index >= 15 is 0 Å². The fourth-order valence-electron chi connectivity index (χ4n) is 4.75. The number of benzene rings is 3. The summed E-state index contributed by atoms with van der Waals surface area (Å²) in [5.74, 6) is 1.31. The van der Waals surface area contributed by atoms with Gasteiger partial charge in [-0.25, -0.2) is 0 Å². The molecule has 0 radical (unpaired) electrons. The highest BCUT2D eigenvalue weighted by atomic mass is 35.5. The van der Waals surface area contributed by atoms with E-state index in [0.29, 0.717) is 38.2 Å². The van der Waals surface area contributed by atoms with Gasteiger partial charge in [0.1, 0.15) is 17.1 Å². The summed E-state index contributed by atoms with van der Waals surface area (Å²) in [6, 6.07) is 19.2. The van der Waals surface area contributed by atoms with Crippen molar-refractivity contribution in [2.24, 2.45) is 4.99 Å². The predicted octanol–water partition coefficient (Wildman–Crippen LogP) is 7.31. The van der Waals surface area contributed by atoms with Crippen LogP contribution in [-0.2, 0) is 21.9 Å². The summed E-state index contributed by atoms with van der Waals surface area (Å²) >= 11 is 18.9. The van der Waals surface area contributed by atoms with E-state index in [9.17, 15) is 4.21 Å². The SMILES string of the molecule is CCOc1cc(Cl)c(S(C)=O)cc1C1=NC(C)(c2ccc(Cl)cc2)C(C)(c2ccc(Cl)cc2)N1C. The molecule has 0 bridgehead atoms. The van der Waals surface area contributed by atoms with Gasteiger partial charge in [-0.05, 0) is 62.2 Å². The number of halogens is 3. The zero-order chi connectivity index (χ0) is 25.5. The van der Waals surface area contributed by atoms with Gasteiger partial charge in [0.2, 0.25) is 0 Å². The molecule has 0 fully saturated rings. The largest absolute Gasteiger partial charge is 0.493 e. The maximum atomic E-state index is 12.5. The molecule has 4 nitrogen and oxygen atoms in total. The zero-order valence-corrected chi connectivity index (χ0v) is 23.3. The minimum atomic E-state index is -1.28. The van der Waals surface area contributed by atoms with E-state index in [4.69, 9.17) is 44.5 Å². The fraction of sp³-hybridized carbons (Fsp3) is 0.296. The first-order valence-electron chi connectivity index (χ1n) is 11.2. The molecular formula is C27H27Cl3N2O2S. The van der Waals surface area contributed by atoms with Gasteiger partial charge in [-0.1, -0.05) is 59.1 Å². The molecule has 3 atom stereocenters. The molecule has 1 aliphatic rings. The Bertz CT molecular complexity index is 1310. The molecule has 0 spiro atoms. The summed E-state index contributed by atoms with van der Waals surface area (Å²) in [5.41, 5.74) is 1.49. The monoisotopic (exact) mass is 548 g/mol. The Morgan fingerprint density at radius 3 is 2.00 bits per heavy atom. The average Bonchev–Trinajstić information content (AvgIpc) is 3.02. The molecule has 3 unspecified atom stereocenters. The Balaban J connectivity index is 2.01. The third-order valence-electron chi connectivity index (χ3n) is 6.96. The van der Waals surface area contributed by atoms with Gasteiger partial charge in [-0.15, -0.1) is 0 Å². The highest BCUT2D eigenvalue weighted by molar-refractivity contribution is 7.84. The molecule has 3 aromatic rings. The van der Waals surface area contributed by atoms with E-state index in [2.05, 4.69) is 18.7 Å². The molecule has 0 N–H and O–H groups in total. The van der Waals surface area contributed by atoms with E-state index in [-0.39, 0.29) is 0 Å². The van der Waals surface area contributed by atoms with Crippen LogP contribution in [0, 0.1) is 0 Å². The van der Waals surface area contributed by atoms with Crippen molar-refractivity contribution in [2.75, 3.05) is 19.9 Å². The fourth-order valence-corrected chi connectivity index (χ4v) is 6.10. The molecular weight excluding hydrogens is 523 g/mol. The van der Waals surface area contributed by atoms with Gasteiger partial charge in [-0.3, -0.25) is 9.20 Å². The summed E-state index contributed by atoms with van der Waals surface area (Å²) in [7, 11) is 0.735. The molecule has 0 saturated carbocycles. The van der Waals surface area contributed by atoms with E-state index in [0.717, 1.165) is 16.7 Å². The lowest BCUT2D eigenvalue weighted by Crippen LogP contribution is -2.50. The quantitative estimate of drug-likeness (QED) is 0.324. The van der Waals surface area contributed by atoms with Gasteiger partial charge < -0.3 is 9.64 Å². The Hall–Kier alpha value is -2.05. The molecule has 0 amide bonds. The summed E-state index contributed by atoms with van der Waals surface area (Å²) in [5, 5.41) is 1.73. The first-order valence-corrected chi connectivity index (χ1v) is 13.9. The lowest BCUT2D eigenvalue weighted by atomic mass is 9.71. The molecule has 8 heteroatoms. The van der Waals surface area contributed by atoms with Crippen molar-refractivity contribution >= 4 is 51.4 Å². The van der Waals surface area contributed by atoms with Crippen LogP contribution < -0.4 is 4.74 Å². The lowest BCUT2D eigenvalue weighted by molar-refractivity contribution is 0.149. The van der Waals surface area contributed by atoms with Crippen LogP contribution in [0.15, 0.2) is 70.6 Å². The highest BCUT2D eigenvalue weighted by Crippen LogP contribution is 2.53. The van der Waals surface area contributed by atoms with Gasteiger partial charge in [0.25, 0.3) is 0 Å². The van der Waals surface area contributed by atoms with Crippen LogP contribution in [0.25, 0.3) is 0 Å². The standard InChI is InChI=1S/C27H27Cl3N2O2S/c1-6-34-23-16-22(30)24(35(5)33)15-21(23)25-31-26(2,17-7-11-19(28)12-8-17)27(3,32(25)4)18-9-13-20(29)14-10-18/h7-16H,6H2,1-5H3. The second-order valence-corrected chi connectivity index (χ2v) is 11.4. The van der Waals surface area contributed by atoms with Crippen molar-refractivity contribution in [1.82, 2.24) is 4.90 Å². The topological polar surface area (TPSA) is 41.9 Å². The molecule has 1 heterocycles. The smallest absolute Gasteiger partial charge is 0.136 e. The van der Waals surface area contributed by atoms with Crippen molar-refractivity contribution in [3.63, 3.8) is 0 Å². The number of hydrogen-bond acceptors (Lipinski definition) is 4. The van der Waals surface area contributed by atoms with Crippen LogP contribution in [0.2, 0.25) is 15.1 Å². The van der Waals surface area contributed by atoms with Crippen LogP contribution in [-0.4, -0.2) is 34.9 Å². The zero-order valence-electron chi connectivity index (χ0n) is 20.2.